The van der Waals surface area contributed by atoms with Gasteiger partial charge in [-0.05, 0) is 30.5 Å². The molecule has 0 spiro atoms. The van der Waals surface area contributed by atoms with Crippen LogP contribution >= 0.6 is 0 Å². The van der Waals surface area contributed by atoms with Crippen LogP contribution in [-0.2, 0) is 9.53 Å². The number of benzene rings is 3. The zero-order valence-corrected chi connectivity index (χ0v) is 15.5. The molecule has 4 rings (SSSR count). The Morgan fingerprint density at radius 1 is 0.931 bits per heavy atom. The molecule has 0 saturated carbocycles. The molecule has 0 aliphatic heterocycles. The zero-order chi connectivity index (χ0) is 20.4. The Labute approximate surface area is 165 Å². The van der Waals surface area contributed by atoms with Crippen molar-refractivity contribution in [3.63, 3.8) is 0 Å². The normalized spacial score (nSPS) is 10.8. The van der Waals surface area contributed by atoms with Crippen LogP contribution in [0.5, 0.6) is 5.75 Å². The minimum absolute atomic E-state index is 0.245. The Hall–Kier alpha value is -3.93. The summed E-state index contributed by atoms with van der Waals surface area (Å²) in [6, 6.07) is 19.0. The second kappa shape index (κ2) is 7.59. The van der Waals surface area contributed by atoms with Gasteiger partial charge in [0.05, 0.1) is 5.39 Å². The lowest BCUT2D eigenvalue weighted by atomic mass is 10.1. The van der Waals surface area contributed by atoms with Crippen molar-refractivity contribution in [3.8, 4) is 5.75 Å². The quantitative estimate of drug-likeness (QED) is 0.388. The smallest absolute Gasteiger partial charge is 0.382 e. The van der Waals surface area contributed by atoms with Crippen LogP contribution in [0, 0.1) is 6.92 Å². The highest BCUT2D eigenvalue weighted by atomic mass is 16.6. The fourth-order valence-electron chi connectivity index (χ4n) is 3.01. The predicted octanol–water partition coefficient (Wildman–Crippen LogP) is 4.02. The van der Waals surface area contributed by atoms with E-state index in [0.29, 0.717) is 11.1 Å². The van der Waals surface area contributed by atoms with Crippen molar-refractivity contribution in [1.29, 1.82) is 0 Å². The van der Waals surface area contributed by atoms with Crippen LogP contribution in [0.1, 0.15) is 16.1 Å². The van der Waals surface area contributed by atoms with Crippen LogP contribution in [0.3, 0.4) is 0 Å². The lowest BCUT2D eigenvalue weighted by Crippen LogP contribution is -2.20. The molecule has 6 nitrogen and oxygen atoms in total. The van der Waals surface area contributed by atoms with E-state index >= 15 is 0 Å². The molecule has 3 aromatic carbocycles. The molecule has 29 heavy (non-hydrogen) atoms. The molecule has 0 unspecified atom stereocenters. The van der Waals surface area contributed by atoms with Crippen molar-refractivity contribution in [2.45, 2.75) is 6.92 Å². The largest absolute Gasteiger partial charge is 0.481 e. The van der Waals surface area contributed by atoms with E-state index in [1.54, 1.807) is 30.3 Å². The molecule has 0 saturated heterocycles. The van der Waals surface area contributed by atoms with E-state index in [9.17, 15) is 14.4 Å². The molecular formula is C23H16O6. The van der Waals surface area contributed by atoms with Crippen LogP contribution < -0.4 is 10.2 Å². The number of hydrogen-bond acceptors (Lipinski definition) is 6. The highest BCUT2D eigenvalue weighted by Crippen LogP contribution is 2.25. The molecule has 0 aliphatic rings. The van der Waals surface area contributed by atoms with Gasteiger partial charge < -0.3 is 13.9 Å². The van der Waals surface area contributed by atoms with Gasteiger partial charge >= 0.3 is 11.9 Å². The predicted molar refractivity (Wildman–Crippen MR) is 107 cm³/mol. The summed E-state index contributed by atoms with van der Waals surface area (Å²) in [5.74, 6) is -1.78. The average molecular weight is 388 g/mol. The minimum Gasteiger partial charge on any atom is -0.481 e. The second-order valence-electron chi connectivity index (χ2n) is 6.50. The maximum atomic E-state index is 12.2. The van der Waals surface area contributed by atoms with Crippen molar-refractivity contribution >= 4 is 33.7 Å². The van der Waals surface area contributed by atoms with Gasteiger partial charge in [0.15, 0.2) is 12.0 Å². The Morgan fingerprint density at radius 2 is 1.72 bits per heavy atom. The summed E-state index contributed by atoms with van der Waals surface area (Å²) >= 11 is 0. The van der Waals surface area contributed by atoms with E-state index in [0.717, 1.165) is 22.4 Å². The first-order chi connectivity index (χ1) is 14.0. The first kappa shape index (κ1) is 18.4. The van der Waals surface area contributed by atoms with Gasteiger partial charge in [-0.25, -0.2) is 9.59 Å². The fraction of sp³-hybridized carbons (Fsp3) is 0.0870. The Bertz CT molecular complexity index is 1300. The number of carbonyl (C=O) groups excluding carboxylic acids is 2. The van der Waals surface area contributed by atoms with Gasteiger partial charge in [-0.3, -0.25) is 4.79 Å². The maximum absolute atomic E-state index is 12.2. The van der Waals surface area contributed by atoms with Gasteiger partial charge in [0.1, 0.15) is 11.3 Å². The van der Waals surface area contributed by atoms with Crippen molar-refractivity contribution in [3.05, 3.63) is 88.3 Å². The molecule has 6 heteroatoms. The third-order valence-electron chi connectivity index (χ3n) is 4.39. The summed E-state index contributed by atoms with van der Waals surface area (Å²) in [5.41, 5.74) is 0.747. The molecule has 1 aromatic heterocycles. The molecule has 1 heterocycles. The van der Waals surface area contributed by atoms with Gasteiger partial charge in [-0.1, -0.05) is 48.0 Å². The number of aryl methyl sites for hydroxylation is 1. The average Bonchev–Trinajstić information content (AvgIpc) is 2.72. The molecule has 4 aromatic rings. The fourth-order valence-corrected chi connectivity index (χ4v) is 3.01. The molecule has 0 bridgehead atoms. The maximum Gasteiger partial charge on any atom is 0.382 e. The van der Waals surface area contributed by atoms with Crippen molar-refractivity contribution < 1.29 is 23.5 Å². The Morgan fingerprint density at radius 3 is 2.59 bits per heavy atom. The summed E-state index contributed by atoms with van der Waals surface area (Å²) in [5, 5.41) is 2.15. The van der Waals surface area contributed by atoms with E-state index in [2.05, 4.69) is 0 Å². The van der Waals surface area contributed by atoms with Crippen LogP contribution in [0.15, 0.2) is 75.9 Å². The molecular weight excluding hydrogens is 372 g/mol. The molecule has 0 atom stereocenters. The first-order valence-electron chi connectivity index (χ1n) is 8.91. The van der Waals surface area contributed by atoms with Crippen LogP contribution in [-0.4, -0.2) is 18.5 Å². The number of fused-ring (bicyclic) bond motifs is 2. The van der Waals surface area contributed by atoms with Crippen LogP contribution in [0.25, 0.3) is 21.7 Å². The number of hydrogen-bond donors (Lipinski definition) is 0. The standard InChI is InChI=1S/C23H16O6/c1-14-9-10-20-17(11-14)18(24)12-21(28-20)23(26)29-22(25)13-27-19-8-4-6-15-5-2-3-7-16(15)19/h2-12H,13H2,1H3. The monoisotopic (exact) mass is 388 g/mol. The van der Waals surface area contributed by atoms with Gasteiger partial charge in [0, 0.05) is 11.5 Å². The van der Waals surface area contributed by atoms with Gasteiger partial charge in [0.25, 0.3) is 0 Å². The third kappa shape index (κ3) is 3.87. The van der Waals surface area contributed by atoms with Crippen molar-refractivity contribution in [2.75, 3.05) is 6.61 Å². The Kier molecular flexibility index (Phi) is 4.83. The number of carbonyl (C=O) groups is 2. The minimum atomic E-state index is -1.05. The molecule has 0 fully saturated rings. The molecule has 144 valence electrons. The first-order valence-corrected chi connectivity index (χ1v) is 8.91. The lowest BCUT2D eigenvalue weighted by molar-refractivity contribution is -0.140. The Balaban J connectivity index is 1.47. The van der Waals surface area contributed by atoms with Crippen LogP contribution in [0.4, 0.5) is 0 Å². The third-order valence-corrected chi connectivity index (χ3v) is 4.39. The molecule has 0 amide bonds. The number of esters is 2. The summed E-state index contributed by atoms with van der Waals surface area (Å²) in [6.45, 7) is 1.38. The molecule has 0 aliphatic carbocycles. The van der Waals surface area contributed by atoms with E-state index < -0.39 is 18.5 Å². The highest BCUT2D eigenvalue weighted by molar-refractivity contribution is 5.96. The zero-order valence-electron chi connectivity index (χ0n) is 15.5. The van der Waals surface area contributed by atoms with Gasteiger partial charge in [-0.15, -0.1) is 0 Å². The number of rotatable bonds is 4. The van der Waals surface area contributed by atoms with Crippen LogP contribution in [0.2, 0.25) is 0 Å². The second-order valence-corrected chi connectivity index (χ2v) is 6.50. The molecule has 0 N–H and O–H groups in total. The lowest BCUT2D eigenvalue weighted by Gasteiger charge is -2.08. The van der Waals surface area contributed by atoms with E-state index in [-0.39, 0.29) is 16.8 Å². The topological polar surface area (TPSA) is 82.8 Å². The molecule has 0 radical (unpaired) electrons. The van der Waals surface area contributed by atoms with Gasteiger partial charge in [-0.2, -0.15) is 0 Å². The summed E-state index contributed by atoms with van der Waals surface area (Å²) in [7, 11) is 0. The van der Waals surface area contributed by atoms with E-state index in [1.165, 1.54) is 0 Å². The van der Waals surface area contributed by atoms with E-state index in [1.807, 2.05) is 37.3 Å². The summed E-state index contributed by atoms with van der Waals surface area (Å²) in [4.78, 5) is 36.5. The SMILES string of the molecule is Cc1ccc2oc(C(=O)OC(=O)COc3cccc4ccccc34)cc(=O)c2c1. The number of ether oxygens (including phenoxy) is 2. The summed E-state index contributed by atoms with van der Waals surface area (Å²) in [6.07, 6.45) is 0. The van der Waals surface area contributed by atoms with Crippen molar-refractivity contribution in [1.82, 2.24) is 0 Å². The van der Waals surface area contributed by atoms with Crippen molar-refractivity contribution in [2.24, 2.45) is 0 Å². The highest BCUT2D eigenvalue weighted by Gasteiger charge is 2.18. The van der Waals surface area contributed by atoms with Gasteiger partial charge in [0.2, 0.25) is 5.76 Å². The van der Waals surface area contributed by atoms with E-state index in [4.69, 9.17) is 13.9 Å². The summed E-state index contributed by atoms with van der Waals surface area (Å²) < 4.78 is 15.7.